The van der Waals surface area contributed by atoms with E-state index in [1.165, 1.54) is 0 Å². The number of carbonyl (C=O) groups is 1. The van der Waals surface area contributed by atoms with Crippen molar-refractivity contribution in [1.82, 2.24) is 4.90 Å². The van der Waals surface area contributed by atoms with Gasteiger partial charge in [-0.05, 0) is 53.5 Å². The van der Waals surface area contributed by atoms with Crippen LogP contribution in [0.5, 0.6) is 0 Å². The highest BCUT2D eigenvalue weighted by Crippen LogP contribution is 2.44. The number of carboxylic acid groups (broad SMARTS) is 1. The van der Waals surface area contributed by atoms with Crippen LogP contribution < -0.4 is 0 Å². The summed E-state index contributed by atoms with van der Waals surface area (Å²) < 4.78 is 6.05. The molecule has 1 N–H and O–H groups in total. The molecule has 1 aliphatic carbocycles. The lowest BCUT2D eigenvalue weighted by Gasteiger charge is -2.48. The minimum atomic E-state index is -0.606. The standard InChI is InChI=1S/C15H27NO3/c1-13(2)10-16(11-14(3,4)19-13)9-8-15(12(17)18)6-5-7-15/h5-11H2,1-4H3,(H,17,18). The lowest BCUT2D eigenvalue weighted by Crippen LogP contribution is -2.57. The third-order valence-corrected chi connectivity index (χ3v) is 4.43. The van der Waals surface area contributed by atoms with Gasteiger partial charge in [0.2, 0.25) is 0 Å². The summed E-state index contributed by atoms with van der Waals surface area (Å²) in [6, 6.07) is 0. The second kappa shape index (κ2) is 4.74. The lowest BCUT2D eigenvalue weighted by atomic mass is 9.66. The van der Waals surface area contributed by atoms with E-state index in [-0.39, 0.29) is 11.2 Å². The minimum Gasteiger partial charge on any atom is -0.481 e. The van der Waals surface area contributed by atoms with Crippen molar-refractivity contribution in [2.24, 2.45) is 5.41 Å². The monoisotopic (exact) mass is 269 g/mol. The largest absolute Gasteiger partial charge is 0.481 e. The van der Waals surface area contributed by atoms with Gasteiger partial charge in [0.1, 0.15) is 0 Å². The number of morpholine rings is 1. The topological polar surface area (TPSA) is 49.8 Å². The lowest BCUT2D eigenvalue weighted by molar-refractivity contribution is -0.182. The van der Waals surface area contributed by atoms with Crippen molar-refractivity contribution in [3.05, 3.63) is 0 Å². The highest BCUT2D eigenvalue weighted by atomic mass is 16.5. The molecule has 2 rings (SSSR count). The molecule has 4 heteroatoms. The van der Waals surface area contributed by atoms with Crippen molar-refractivity contribution in [1.29, 1.82) is 0 Å². The third-order valence-electron chi connectivity index (χ3n) is 4.43. The first-order chi connectivity index (χ1) is 8.64. The van der Waals surface area contributed by atoms with Gasteiger partial charge in [-0.25, -0.2) is 0 Å². The van der Waals surface area contributed by atoms with Gasteiger partial charge in [0.25, 0.3) is 0 Å². The van der Waals surface area contributed by atoms with E-state index in [2.05, 4.69) is 32.6 Å². The Labute approximate surface area is 116 Å². The maximum absolute atomic E-state index is 11.4. The Morgan fingerprint density at radius 2 is 1.68 bits per heavy atom. The van der Waals surface area contributed by atoms with Crippen LogP contribution in [0, 0.1) is 5.41 Å². The molecule has 0 radical (unpaired) electrons. The van der Waals surface area contributed by atoms with Gasteiger partial charge < -0.3 is 9.84 Å². The molecule has 1 heterocycles. The molecule has 1 saturated heterocycles. The number of nitrogens with zero attached hydrogens (tertiary/aromatic N) is 1. The number of rotatable bonds is 4. The number of hydrogen-bond acceptors (Lipinski definition) is 3. The molecule has 0 aromatic rings. The molecular weight excluding hydrogens is 242 g/mol. The molecule has 4 nitrogen and oxygen atoms in total. The fourth-order valence-corrected chi connectivity index (χ4v) is 3.65. The summed E-state index contributed by atoms with van der Waals surface area (Å²) in [4.78, 5) is 13.8. The van der Waals surface area contributed by atoms with Gasteiger partial charge in [-0.2, -0.15) is 0 Å². The average Bonchev–Trinajstić information content (AvgIpc) is 2.09. The summed E-state index contributed by atoms with van der Waals surface area (Å²) in [6.45, 7) is 11.1. The number of hydrogen-bond donors (Lipinski definition) is 1. The number of carboxylic acids is 1. The van der Waals surface area contributed by atoms with Crippen molar-refractivity contribution in [3.63, 3.8) is 0 Å². The van der Waals surface area contributed by atoms with Crippen LogP contribution >= 0.6 is 0 Å². The smallest absolute Gasteiger partial charge is 0.309 e. The van der Waals surface area contributed by atoms with E-state index in [1.54, 1.807) is 0 Å². The molecule has 110 valence electrons. The molecule has 1 saturated carbocycles. The summed E-state index contributed by atoms with van der Waals surface area (Å²) in [5.41, 5.74) is -0.748. The van der Waals surface area contributed by atoms with Crippen LogP contribution in [-0.2, 0) is 9.53 Å². The number of ether oxygens (including phenoxy) is 1. The normalized spacial score (nSPS) is 28.6. The maximum Gasteiger partial charge on any atom is 0.309 e. The van der Waals surface area contributed by atoms with Crippen molar-refractivity contribution < 1.29 is 14.6 Å². The molecule has 2 aliphatic rings. The van der Waals surface area contributed by atoms with Gasteiger partial charge in [-0.1, -0.05) is 6.42 Å². The van der Waals surface area contributed by atoms with Crippen LogP contribution in [0.2, 0.25) is 0 Å². The molecule has 1 aliphatic heterocycles. The second-order valence-corrected chi connectivity index (χ2v) is 7.52. The van der Waals surface area contributed by atoms with Crippen molar-refractivity contribution >= 4 is 5.97 Å². The molecule has 0 spiro atoms. The highest BCUT2D eigenvalue weighted by molar-refractivity contribution is 5.75. The van der Waals surface area contributed by atoms with E-state index in [0.29, 0.717) is 0 Å². The first kappa shape index (κ1) is 14.8. The summed E-state index contributed by atoms with van der Waals surface area (Å²) >= 11 is 0. The highest BCUT2D eigenvalue weighted by Gasteiger charge is 2.45. The van der Waals surface area contributed by atoms with E-state index in [9.17, 15) is 9.90 Å². The van der Waals surface area contributed by atoms with E-state index in [1.807, 2.05) is 0 Å². The van der Waals surface area contributed by atoms with Gasteiger partial charge in [-0.3, -0.25) is 9.69 Å². The molecule has 0 amide bonds. The van der Waals surface area contributed by atoms with Gasteiger partial charge in [0.15, 0.2) is 0 Å². The molecular formula is C15H27NO3. The minimum absolute atomic E-state index is 0.155. The molecule has 0 atom stereocenters. The Morgan fingerprint density at radius 1 is 1.16 bits per heavy atom. The molecule has 0 aromatic heterocycles. The van der Waals surface area contributed by atoms with E-state index in [0.717, 1.165) is 45.3 Å². The van der Waals surface area contributed by atoms with Gasteiger partial charge >= 0.3 is 5.97 Å². The Kier molecular flexibility index (Phi) is 3.69. The predicted molar refractivity (Wildman–Crippen MR) is 74.2 cm³/mol. The number of aliphatic carboxylic acids is 1. The zero-order chi connectivity index (χ0) is 14.3. The van der Waals surface area contributed by atoms with Crippen molar-refractivity contribution in [2.45, 2.75) is 64.6 Å². The molecule has 0 bridgehead atoms. The first-order valence-electron chi connectivity index (χ1n) is 7.30. The fraction of sp³-hybridized carbons (Fsp3) is 0.933. The molecule has 2 fully saturated rings. The summed E-state index contributed by atoms with van der Waals surface area (Å²) in [7, 11) is 0. The fourth-order valence-electron chi connectivity index (χ4n) is 3.65. The molecule has 0 aromatic carbocycles. The SMILES string of the molecule is CC1(C)CN(CCC2(C(=O)O)CCC2)CC(C)(C)O1. The van der Waals surface area contributed by atoms with Gasteiger partial charge in [0, 0.05) is 13.1 Å². The summed E-state index contributed by atoms with van der Waals surface area (Å²) in [5, 5.41) is 9.38. The molecule has 0 unspecified atom stereocenters. The Hall–Kier alpha value is -0.610. The maximum atomic E-state index is 11.4. The summed E-state index contributed by atoms with van der Waals surface area (Å²) in [5.74, 6) is -0.606. The average molecular weight is 269 g/mol. The second-order valence-electron chi connectivity index (χ2n) is 7.52. The van der Waals surface area contributed by atoms with Gasteiger partial charge in [-0.15, -0.1) is 0 Å². The first-order valence-corrected chi connectivity index (χ1v) is 7.30. The van der Waals surface area contributed by atoms with Crippen molar-refractivity contribution in [3.8, 4) is 0 Å². The zero-order valence-electron chi connectivity index (χ0n) is 12.7. The van der Waals surface area contributed by atoms with Crippen LogP contribution in [0.3, 0.4) is 0 Å². The van der Waals surface area contributed by atoms with Crippen LogP contribution in [-0.4, -0.2) is 46.8 Å². The van der Waals surface area contributed by atoms with Gasteiger partial charge in [0.05, 0.1) is 16.6 Å². The predicted octanol–water partition coefficient (Wildman–Crippen LogP) is 2.52. The van der Waals surface area contributed by atoms with Crippen LogP contribution in [0.25, 0.3) is 0 Å². The van der Waals surface area contributed by atoms with Crippen LogP contribution in [0.4, 0.5) is 0 Å². The Bertz CT molecular complexity index is 342. The third kappa shape index (κ3) is 3.29. The van der Waals surface area contributed by atoms with Crippen molar-refractivity contribution in [2.75, 3.05) is 19.6 Å². The van der Waals surface area contributed by atoms with E-state index in [4.69, 9.17) is 4.74 Å². The Balaban J connectivity index is 1.94. The van der Waals surface area contributed by atoms with Crippen LogP contribution in [0.1, 0.15) is 53.4 Å². The quantitative estimate of drug-likeness (QED) is 0.852. The molecule has 19 heavy (non-hydrogen) atoms. The zero-order valence-corrected chi connectivity index (χ0v) is 12.7. The summed E-state index contributed by atoms with van der Waals surface area (Å²) in [6.07, 6.45) is 3.53. The van der Waals surface area contributed by atoms with E-state index >= 15 is 0 Å². The van der Waals surface area contributed by atoms with Crippen LogP contribution in [0.15, 0.2) is 0 Å². The Morgan fingerprint density at radius 3 is 2.05 bits per heavy atom. The van der Waals surface area contributed by atoms with E-state index < -0.39 is 11.4 Å².